The molecular formula is C13H19NO2. The molecule has 2 N–H and O–H groups in total. The Morgan fingerprint density at radius 2 is 1.94 bits per heavy atom. The molecule has 0 saturated carbocycles. The molecule has 0 bridgehead atoms. The second-order valence-corrected chi connectivity index (χ2v) is 4.41. The van der Waals surface area contributed by atoms with Gasteiger partial charge in [-0.25, -0.2) is 0 Å². The topological polar surface area (TPSA) is 49.3 Å². The van der Waals surface area contributed by atoms with Crippen molar-refractivity contribution < 1.29 is 9.90 Å². The number of phenolic OH excluding ortho intramolecular Hbond substituents is 1. The monoisotopic (exact) mass is 221 g/mol. The van der Waals surface area contributed by atoms with E-state index in [4.69, 9.17) is 0 Å². The van der Waals surface area contributed by atoms with Crippen LogP contribution in [0.4, 0.5) is 0 Å². The van der Waals surface area contributed by atoms with Gasteiger partial charge in [-0.1, -0.05) is 32.0 Å². The fourth-order valence-electron chi connectivity index (χ4n) is 1.30. The second kappa shape index (κ2) is 5.54. The van der Waals surface area contributed by atoms with Gasteiger partial charge in [0.15, 0.2) is 0 Å². The average molecular weight is 221 g/mol. The Balaban J connectivity index is 2.55. The lowest BCUT2D eigenvalue weighted by atomic mass is 10.1. The third kappa shape index (κ3) is 3.57. The summed E-state index contributed by atoms with van der Waals surface area (Å²) in [4.78, 5) is 11.7. The van der Waals surface area contributed by atoms with Crippen LogP contribution < -0.4 is 5.32 Å². The van der Waals surface area contributed by atoms with Crippen LogP contribution in [0.3, 0.4) is 0 Å². The Labute approximate surface area is 96.5 Å². The Morgan fingerprint density at radius 3 is 2.50 bits per heavy atom. The van der Waals surface area contributed by atoms with Gasteiger partial charge in [-0.05, 0) is 18.9 Å². The molecule has 0 aliphatic carbocycles. The molecule has 3 nitrogen and oxygen atoms in total. The van der Waals surface area contributed by atoms with Crippen molar-refractivity contribution in [1.29, 1.82) is 0 Å². The molecule has 1 amide bonds. The Morgan fingerprint density at radius 1 is 1.31 bits per heavy atom. The quantitative estimate of drug-likeness (QED) is 0.818. The number of amides is 1. The van der Waals surface area contributed by atoms with Crippen LogP contribution in [-0.2, 0) is 11.2 Å². The Kier molecular flexibility index (Phi) is 4.35. The lowest BCUT2D eigenvalue weighted by Gasteiger charge is -2.17. The number of rotatable bonds is 4. The summed E-state index contributed by atoms with van der Waals surface area (Å²) in [6.07, 6.45) is 0.226. The van der Waals surface area contributed by atoms with Crippen molar-refractivity contribution in [3.05, 3.63) is 29.8 Å². The van der Waals surface area contributed by atoms with Gasteiger partial charge < -0.3 is 10.4 Å². The highest BCUT2D eigenvalue weighted by Crippen LogP contribution is 2.16. The fraction of sp³-hybridized carbons (Fsp3) is 0.462. The molecule has 0 radical (unpaired) electrons. The summed E-state index contributed by atoms with van der Waals surface area (Å²) in [5.74, 6) is 0.533. The number of para-hydroxylation sites is 1. The summed E-state index contributed by atoms with van der Waals surface area (Å²) < 4.78 is 0. The first-order chi connectivity index (χ1) is 7.50. The van der Waals surface area contributed by atoms with Crippen LogP contribution in [0, 0.1) is 5.92 Å². The Bertz CT molecular complexity index is 361. The average Bonchev–Trinajstić information content (AvgIpc) is 2.21. The molecule has 3 heteroatoms. The molecule has 0 aliphatic heterocycles. The predicted molar refractivity (Wildman–Crippen MR) is 64.3 cm³/mol. The van der Waals surface area contributed by atoms with Gasteiger partial charge in [0.25, 0.3) is 0 Å². The van der Waals surface area contributed by atoms with Crippen molar-refractivity contribution in [3.8, 4) is 5.75 Å². The molecule has 16 heavy (non-hydrogen) atoms. The van der Waals surface area contributed by atoms with Crippen LogP contribution in [-0.4, -0.2) is 17.1 Å². The van der Waals surface area contributed by atoms with Crippen LogP contribution in [0.2, 0.25) is 0 Å². The van der Waals surface area contributed by atoms with Crippen LogP contribution in [0.25, 0.3) is 0 Å². The van der Waals surface area contributed by atoms with E-state index in [0.717, 1.165) is 0 Å². The summed E-state index contributed by atoms with van der Waals surface area (Å²) in [7, 11) is 0. The molecule has 0 aliphatic rings. The van der Waals surface area contributed by atoms with Gasteiger partial charge in [-0.3, -0.25) is 4.79 Å². The normalized spacial score (nSPS) is 12.5. The molecule has 1 aromatic carbocycles. The van der Waals surface area contributed by atoms with Crippen molar-refractivity contribution >= 4 is 5.91 Å². The maximum absolute atomic E-state index is 11.7. The predicted octanol–water partition coefficient (Wildman–Crippen LogP) is 2.10. The first-order valence-corrected chi connectivity index (χ1v) is 5.57. The van der Waals surface area contributed by atoms with Gasteiger partial charge in [0.05, 0.1) is 6.42 Å². The highest BCUT2D eigenvalue weighted by atomic mass is 16.3. The van der Waals surface area contributed by atoms with E-state index < -0.39 is 0 Å². The molecular weight excluding hydrogens is 202 g/mol. The van der Waals surface area contributed by atoms with Gasteiger partial charge in [0, 0.05) is 11.6 Å². The molecule has 0 heterocycles. The van der Waals surface area contributed by atoms with Crippen LogP contribution >= 0.6 is 0 Å². The smallest absolute Gasteiger partial charge is 0.224 e. The minimum Gasteiger partial charge on any atom is -0.508 e. The highest BCUT2D eigenvalue weighted by Gasteiger charge is 2.12. The highest BCUT2D eigenvalue weighted by molar-refractivity contribution is 5.79. The van der Waals surface area contributed by atoms with Gasteiger partial charge in [0.2, 0.25) is 5.91 Å². The van der Waals surface area contributed by atoms with E-state index in [1.165, 1.54) is 0 Å². The van der Waals surface area contributed by atoms with E-state index in [0.29, 0.717) is 11.5 Å². The minimum atomic E-state index is -0.0531. The van der Waals surface area contributed by atoms with E-state index in [9.17, 15) is 9.90 Å². The lowest BCUT2D eigenvalue weighted by Crippen LogP contribution is -2.37. The van der Waals surface area contributed by atoms with Crippen molar-refractivity contribution in [2.75, 3.05) is 0 Å². The summed E-state index contributed by atoms with van der Waals surface area (Å²) in [5.41, 5.74) is 0.663. The summed E-state index contributed by atoms with van der Waals surface area (Å²) >= 11 is 0. The van der Waals surface area contributed by atoms with E-state index in [2.05, 4.69) is 19.2 Å². The van der Waals surface area contributed by atoms with Crippen molar-refractivity contribution in [2.45, 2.75) is 33.2 Å². The van der Waals surface area contributed by atoms with Gasteiger partial charge in [0.1, 0.15) is 5.75 Å². The first-order valence-electron chi connectivity index (χ1n) is 5.57. The van der Waals surface area contributed by atoms with Crippen LogP contribution in [0.1, 0.15) is 26.3 Å². The number of nitrogens with one attached hydrogen (secondary N) is 1. The number of carbonyl (C=O) groups is 1. The first kappa shape index (κ1) is 12.6. The summed E-state index contributed by atoms with van der Waals surface area (Å²) in [6.45, 7) is 6.10. The number of aromatic hydroxyl groups is 1. The fourth-order valence-corrected chi connectivity index (χ4v) is 1.30. The SMILES string of the molecule is CC(C)C(C)NC(=O)Cc1ccccc1O. The molecule has 0 saturated heterocycles. The molecule has 0 aromatic heterocycles. The van der Waals surface area contributed by atoms with E-state index in [1.54, 1.807) is 18.2 Å². The number of hydrogen-bond acceptors (Lipinski definition) is 2. The van der Waals surface area contributed by atoms with Crippen LogP contribution in [0.5, 0.6) is 5.75 Å². The minimum absolute atomic E-state index is 0.0531. The maximum atomic E-state index is 11.7. The van der Waals surface area contributed by atoms with Crippen molar-refractivity contribution in [3.63, 3.8) is 0 Å². The largest absolute Gasteiger partial charge is 0.508 e. The van der Waals surface area contributed by atoms with Crippen molar-refractivity contribution in [2.24, 2.45) is 5.92 Å². The number of benzene rings is 1. The van der Waals surface area contributed by atoms with Gasteiger partial charge >= 0.3 is 0 Å². The number of phenols is 1. The molecule has 88 valence electrons. The van der Waals surface area contributed by atoms with Crippen molar-refractivity contribution in [1.82, 2.24) is 5.32 Å². The second-order valence-electron chi connectivity index (χ2n) is 4.41. The molecule has 0 fully saturated rings. The van der Waals surface area contributed by atoms with E-state index in [-0.39, 0.29) is 24.1 Å². The Hall–Kier alpha value is -1.51. The van der Waals surface area contributed by atoms with E-state index >= 15 is 0 Å². The number of hydrogen-bond donors (Lipinski definition) is 2. The lowest BCUT2D eigenvalue weighted by molar-refractivity contribution is -0.121. The zero-order valence-electron chi connectivity index (χ0n) is 10.0. The van der Waals surface area contributed by atoms with E-state index in [1.807, 2.05) is 13.0 Å². The number of carbonyl (C=O) groups excluding carboxylic acids is 1. The molecule has 1 atom stereocenters. The molecule has 1 aromatic rings. The van der Waals surface area contributed by atoms with Gasteiger partial charge in [-0.15, -0.1) is 0 Å². The third-order valence-electron chi connectivity index (χ3n) is 2.73. The zero-order chi connectivity index (χ0) is 12.1. The maximum Gasteiger partial charge on any atom is 0.224 e. The van der Waals surface area contributed by atoms with Gasteiger partial charge in [-0.2, -0.15) is 0 Å². The summed E-state index contributed by atoms with van der Waals surface area (Å²) in [5, 5.41) is 12.4. The molecule has 0 spiro atoms. The van der Waals surface area contributed by atoms with Crippen LogP contribution in [0.15, 0.2) is 24.3 Å². The zero-order valence-corrected chi connectivity index (χ0v) is 10.0. The molecule has 1 unspecified atom stereocenters. The summed E-state index contributed by atoms with van der Waals surface area (Å²) in [6, 6.07) is 7.06. The standard InChI is InChI=1S/C13H19NO2/c1-9(2)10(3)14-13(16)8-11-6-4-5-7-12(11)15/h4-7,9-10,15H,8H2,1-3H3,(H,14,16). The third-order valence-corrected chi connectivity index (χ3v) is 2.73. The molecule has 1 rings (SSSR count).